The van der Waals surface area contributed by atoms with Crippen LogP contribution in [0.1, 0.15) is 23.6 Å². The lowest BCUT2D eigenvalue weighted by molar-refractivity contribution is -0.118. The van der Waals surface area contributed by atoms with Gasteiger partial charge in [0.15, 0.2) is 5.78 Å². The van der Waals surface area contributed by atoms with Crippen molar-refractivity contribution < 1.29 is 33.4 Å². The smallest absolute Gasteiger partial charge is 0.408 e. The van der Waals surface area contributed by atoms with Gasteiger partial charge in [0.05, 0.1) is 6.04 Å². The van der Waals surface area contributed by atoms with Gasteiger partial charge in [0.1, 0.15) is 25.9 Å². The molecule has 0 heterocycles. The zero-order valence-electron chi connectivity index (χ0n) is 23.4. The van der Waals surface area contributed by atoms with Gasteiger partial charge in [-0.25, -0.2) is 14.4 Å². The molecule has 3 amide bonds. The molecule has 0 saturated carbocycles. The highest BCUT2D eigenvalue weighted by molar-refractivity contribution is 5.85. The Hall–Kier alpha value is -4.90. The molecular weight excluding hydrogens is 540 g/mol. The molecule has 11 heteroatoms. The van der Waals surface area contributed by atoms with Gasteiger partial charge in [-0.3, -0.25) is 4.79 Å². The molecule has 42 heavy (non-hydrogen) atoms. The van der Waals surface area contributed by atoms with Crippen molar-refractivity contribution in [1.82, 2.24) is 21.3 Å². The molecule has 2 unspecified atom stereocenters. The molecule has 3 aromatic rings. The van der Waals surface area contributed by atoms with Gasteiger partial charge in [-0.05, 0) is 23.6 Å². The first kappa shape index (κ1) is 31.6. The summed E-state index contributed by atoms with van der Waals surface area (Å²) in [6.07, 6.45) is -2.08. The summed E-state index contributed by atoms with van der Waals surface area (Å²) in [4.78, 5) is 49.2. The fourth-order valence-electron chi connectivity index (χ4n) is 3.69. The standard InChI is InChI=1S/C31H36N4O7/c1-23(36)28(35-31(39)42-22-26-15-9-4-10-16-26)19-32-17-27(34-30(38)41-21-25-13-7-3-8-14-25)18-33-29(37)40-20-24-11-5-2-6-12-24/h2-16,27-28,32H,17-22H2,1H3,(H,33,37)(H,34,38)(H,35,39). The van der Waals surface area contributed by atoms with E-state index in [2.05, 4.69) is 21.3 Å². The van der Waals surface area contributed by atoms with Gasteiger partial charge in [0, 0.05) is 19.6 Å². The molecule has 0 bridgehead atoms. The molecule has 3 aromatic carbocycles. The lowest BCUT2D eigenvalue weighted by Gasteiger charge is -2.22. The Labute approximate surface area is 244 Å². The molecule has 222 valence electrons. The highest BCUT2D eigenvalue weighted by atomic mass is 16.6. The van der Waals surface area contributed by atoms with E-state index in [1.54, 1.807) is 0 Å². The Morgan fingerprint density at radius 1 is 0.571 bits per heavy atom. The summed E-state index contributed by atoms with van der Waals surface area (Å²) in [5, 5.41) is 10.9. The average molecular weight is 577 g/mol. The summed E-state index contributed by atoms with van der Waals surface area (Å²) >= 11 is 0. The van der Waals surface area contributed by atoms with Crippen molar-refractivity contribution in [3.05, 3.63) is 108 Å². The summed E-state index contributed by atoms with van der Waals surface area (Å²) in [7, 11) is 0. The maximum absolute atomic E-state index is 12.5. The Morgan fingerprint density at radius 2 is 1.00 bits per heavy atom. The molecule has 0 aromatic heterocycles. The van der Waals surface area contributed by atoms with Crippen LogP contribution in [0.2, 0.25) is 0 Å². The predicted molar refractivity (Wildman–Crippen MR) is 155 cm³/mol. The van der Waals surface area contributed by atoms with Gasteiger partial charge in [0.25, 0.3) is 0 Å². The SMILES string of the molecule is CC(=O)C(CNCC(CNC(=O)OCc1ccccc1)NC(=O)OCc1ccccc1)NC(=O)OCc1ccccc1. The molecular formula is C31H36N4O7. The van der Waals surface area contributed by atoms with Crippen LogP contribution < -0.4 is 21.3 Å². The maximum atomic E-state index is 12.5. The van der Waals surface area contributed by atoms with E-state index in [-0.39, 0.29) is 45.2 Å². The minimum atomic E-state index is -0.872. The molecule has 0 aliphatic rings. The molecule has 3 rings (SSSR count). The summed E-state index contributed by atoms with van der Waals surface area (Å²) in [6, 6.07) is 26.1. The number of alkyl carbamates (subject to hydrolysis) is 3. The van der Waals surface area contributed by atoms with Gasteiger partial charge in [-0.1, -0.05) is 91.0 Å². The number of ketones is 1. The van der Waals surface area contributed by atoms with Crippen LogP contribution in [0, 0.1) is 0 Å². The van der Waals surface area contributed by atoms with Gasteiger partial charge in [-0.2, -0.15) is 0 Å². The Kier molecular flexibility index (Phi) is 13.3. The number of carbonyl (C=O) groups excluding carboxylic acids is 4. The van der Waals surface area contributed by atoms with Crippen molar-refractivity contribution >= 4 is 24.1 Å². The zero-order chi connectivity index (χ0) is 30.0. The fraction of sp³-hybridized carbons (Fsp3) is 0.290. The van der Waals surface area contributed by atoms with E-state index in [0.717, 1.165) is 16.7 Å². The van der Waals surface area contributed by atoms with Crippen molar-refractivity contribution in [3.63, 3.8) is 0 Å². The number of benzene rings is 3. The summed E-state index contributed by atoms with van der Waals surface area (Å²) in [5.74, 6) is -0.284. The van der Waals surface area contributed by atoms with Crippen LogP contribution in [0.4, 0.5) is 14.4 Å². The van der Waals surface area contributed by atoms with Crippen LogP contribution in [-0.2, 0) is 38.8 Å². The second-order valence-electron chi connectivity index (χ2n) is 9.37. The number of ether oxygens (including phenoxy) is 3. The third-order valence-electron chi connectivity index (χ3n) is 5.98. The lowest BCUT2D eigenvalue weighted by Crippen LogP contribution is -2.52. The summed E-state index contributed by atoms with van der Waals surface area (Å²) < 4.78 is 15.8. The van der Waals surface area contributed by atoms with E-state index in [1.807, 2.05) is 91.0 Å². The number of carbonyl (C=O) groups is 4. The van der Waals surface area contributed by atoms with Gasteiger partial charge in [0.2, 0.25) is 0 Å². The molecule has 0 radical (unpaired) electrons. The van der Waals surface area contributed by atoms with Gasteiger partial charge >= 0.3 is 18.3 Å². The zero-order valence-corrected chi connectivity index (χ0v) is 23.4. The normalized spacial score (nSPS) is 11.8. The molecule has 0 fully saturated rings. The van der Waals surface area contributed by atoms with Crippen LogP contribution in [0.25, 0.3) is 0 Å². The van der Waals surface area contributed by atoms with E-state index in [4.69, 9.17) is 14.2 Å². The highest BCUT2D eigenvalue weighted by Gasteiger charge is 2.20. The minimum Gasteiger partial charge on any atom is -0.445 e. The van der Waals surface area contributed by atoms with Gasteiger partial charge in [-0.15, -0.1) is 0 Å². The molecule has 4 N–H and O–H groups in total. The third kappa shape index (κ3) is 12.5. The first-order valence-corrected chi connectivity index (χ1v) is 13.5. The topological polar surface area (TPSA) is 144 Å². The van der Waals surface area contributed by atoms with Crippen molar-refractivity contribution in [2.75, 3.05) is 19.6 Å². The van der Waals surface area contributed by atoms with E-state index in [0.29, 0.717) is 0 Å². The lowest BCUT2D eigenvalue weighted by atomic mass is 10.2. The summed E-state index contributed by atoms with van der Waals surface area (Å²) in [5.41, 5.74) is 2.46. The first-order valence-electron chi connectivity index (χ1n) is 13.5. The van der Waals surface area contributed by atoms with Crippen LogP contribution in [0.5, 0.6) is 0 Å². The quantitative estimate of drug-likeness (QED) is 0.201. The molecule has 11 nitrogen and oxygen atoms in total. The van der Waals surface area contributed by atoms with E-state index in [1.165, 1.54) is 6.92 Å². The second-order valence-corrected chi connectivity index (χ2v) is 9.37. The summed E-state index contributed by atoms with van der Waals surface area (Å²) in [6.45, 7) is 1.79. The van der Waals surface area contributed by atoms with E-state index < -0.39 is 30.4 Å². The first-order chi connectivity index (χ1) is 20.4. The van der Waals surface area contributed by atoms with Crippen molar-refractivity contribution in [2.24, 2.45) is 0 Å². The van der Waals surface area contributed by atoms with Crippen molar-refractivity contribution in [2.45, 2.75) is 38.8 Å². The second kappa shape index (κ2) is 17.7. The minimum absolute atomic E-state index is 0.0122. The van der Waals surface area contributed by atoms with Crippen LogP contribution in [0.15, 0.2) is 91.0 Å². The van der Waals surface area contributed by atoms with Gasteiger partial charge < -0.3 is 35.5 Å². The molecule has 2 atom stereocenters. The van der Waals surface area contributed by atoms with E-state index >= 15 is 0 Å². The number of nitrogens with one attached hydrogen (secondary N) is 4. The number of amides is 3. The number of hydrogen-bond acceptors (Lipinski definition) is 8. The molecule has 0 aliphatic heterocycles. The number of hydrogen-bond donors (Lipinski definition) is 4. The van der Waals surface area contributed by atoms with Crippen LogP contribution >= 0.6 is 0 Å². The molecule has 0 aliphatic carbocycles. The maximum Gasteiger partial charge on any atom is 0.408 e. The van der Waals surface area contributed by atoms with Crippen molar-refractivity contribution in [3.8, 4) is 0 Å². The number of Topliss-reactive ketones (excluding diaryl/α,β-unsaturated/α-hetero) is 1. The monoisotopic (exact) mass is 576 g/mol. The fourth-order valence-corrected chi connectivity index (χ4v) is 3.69. The Morgan fingerprint density at radius 3 is 1.45 bits per heavy atom. The Bertz CT molecular complexity index is 1260. The Balaban J connectivity index is 1.49. The highest BCUT2D eigenvalue weighted by Crippen LogP contribution is 2.03. The molecule has 0 spiro atoms. The van der Waals surface area contributed by atoms with E-state index in [9.17, 15) is 19.2 Å². The van der Waals surface area contributed by atoms with Crippen molar-refractivity contribution in [1.29, 1.82) is 0 Å². The van der Waals surface area contributed by atoms with Crippen LogP contribution in [0.3, 0.4) is 0 Å². The van der Waals surface area contributed by atoms with Crippen LogP contribution in [-0.4, -0.2) is 55.8 Å². The predicted octanol–water partition coefficient (Wildman–Crippen LogP) is 3.68. The third-order valence-corrected chi connectivity index (χ3v) is 5.98. The largest absolute Gasteiger partial charge is 0.445 e. The average Bonchev–Trinajstić information content (AvgIpc) is 3.01. The molecule has 0 saturated heterocycles. The number of rotatable bonds is 15.